The molecular formula is C15H19NOS. The first-order valence-electron chi connectivity index (χ1n) is 6.17. The molecule has 2 nitrogen and oxygen atoms in total. The van der Waals surface area contributed by atoms with E-state index in [0.29, 0.717) is 17.7 Å². The third-order valence-electron chi connectivity index (χ3n) is 3.04. The van der Waals surface area contributed by atoms with Crippen LogP contribution in [0.25, 0.3) is 0 Å². The minimum absolute atomic E-state index is 0.313. The summed E-state index contributed by atoms with van der Waals surface area (Å²) >= 11 is 1.78. The van der Waals surface area contributed by atoms with Gasteiger partial charge in [0.15, 0.2) is 0 Å². The number of nitrogens with one attached hydrogen (secondary N) is 1. The van der Waals surface area contributed by atoms with E-state index in [1.807, 2.05) is 13.0 Å². The molecule has 0 bridgehead atoms. The zero-order valence-electron chi connectivity index (χ0n) is 11.0. The fourth-order valence-electron chi connectivity index (χ4n) is 2.01. The van der Waals surface area contributed by atoms with E-state index in [0.717, 1.165) is 11.3 Å². The Morgan fingerprint density at radius 1 is 1.22 bits per heavy atom. The number of aromatic hydroxyl groups is 1. The number of hydrogen-bond acceptors (Lipinski definition) is 3. The number of phenolic OH excluding ortho intramolecular Hbond substituents is 1. The van der Waals surface area contributed by atoms with Gasteiger partial charge in [-0.3, -0.25) is 0 Å². The van der Waals surface area contributed by atoms with Crippen LogP contribution in [-0.2, 0) is 0 Å². The Morgan fingerprint density at radius 3 is 2.56 bits per heavy atom. The van der Waals surface area contributed by atoms with Gasteiger partial charge in [-0.05, 0) is 48.1 Å². The summed E-state index contributed by atoms with van der Waals surface area (Å²) in [5.74, 6) is 0.826. The molecule has 0 saturated heterocycles. The number of benzene rings is 1. The lowest BCUT2D eigenvalue weighted by molar-refractivity contribution is 0.475. The highest BCUT2D eigenvalue weighted by atomic mass is 32.1. The molecule has 96 valence electrons. The van der Waals surface area contributed by atoms with Crippen LogP contribution in [0.3, 0.4) is 0 Å². The number of thiophene rings is 1. The highest BCUT2D eigenvalue weighted by Gasteiger charge is 2.17. The molecule has 0 aliphatic rings. The van der Waals surface area contributed by atoms with Crippen LogP contribution in [0.15, 0.2) is 35.7 Å². The maximum atomic E-state index is 9.44. The third-order valence-corrected chi connectivity index (χ3v) is 3.99. The summed E-state index contributed by atoms with van der Waals surface area (Å²) in [6.45, 7) is 6.44. The number of hydrogen-bond donors (Lipinski definition) is 2. The van der Waals surface area contributed by atoms with Crippen molar-refractivity contribution in [1.82, 2.24) is 0 Å². The van der Waals surface area contributed by atoms with E-state index >= 15 is 0 Å². The first-order valence-corrected chi connectivity index (χ1v) is 7.05. The minimum atomic E-state index is 0.313. The van der Waals surface area contributed by atoms with E-state index in [2.05, 4.69) is 36.7 Å². The van der Waals surface area contributed by atoms with Crippen LogP contribution in [0, 0.1) is 12.8 Å². The molecule has 2 rings (SSSR count). The van der Waals surface area contributed by atoms with Crippen LogP contribution in [0.1, 0.15) is 30.3 Å². The van der Waals surface area contributed by atoms with Crippen LogP contribution >= 0.6 is 11.3 Å². The molecule has 1 aromatic heterocycles. The molecule has 3 heteroatoms. The topological polar surface area (TPSA) is 32.3 Å². The molecular weight excluding hydrogens is 242 g/mol. The van der Waals surface area contributed by atoms with Gasteiger partial charge in [0.2, 0.25) is 0 Å². The molecule has 0 radical (unpaired) electrons. The van der Waals surface area contributed by atoms with Gasteiger partial charge >= 0.3 is 0 Å². The van der Waals surface area contributed by atoms with Crippen molar-refractivity contribution in [3.63, 3.8) is 0 Å². The van der Waals surface area contributed by atoms with Gasteiger partial charge in [-0.1, -0.05) is 19.9 Å². The van der Waals surface area contributed by atoms with Gasteiger partial charge < -0.3 is 10.4 Å². The third kappa shape index (κ3) is 2.85. The molecule has 2 N–H and O–H groups in total. The molecule has 18 heavy (non-hydrogen) atoms. The number of aryl methyl sites for hydroxylation is 1. The van der Waals surface area contributed by atoms with E-state index in [4.69, 9.17) is 0 Å². The Balaban J connectivity index is 2.24. The average molecular weight is 261 g/mol. The van der Waals surface area contributed by atoms with E-state index in [-0.39, 0.29) is 0 Å². The lowest BCUT2D eigenvalue weighted by Gasteiger charge is -2.23. The number of phenols is 1. The van der Waals surface area contributed by atoms with Crippen molar-refractivity contribution in [2.75, 3.05) is 5.32 Å². The van der Waals surface area contributed by atoms with Gasteiger partial charge in [0.25, 0.3) is 0 Å². The standard InChI is InChI=1S/C15H19NOS/c1-10(2)15(14-5-4-8-18-14)16-13-7-6-12(17)9-11(13)3/h4-10,15-17H,1-3H3. The zero-order valence-corrected chi connectivity index (χ0v) is 11.8. The number of anilines is 1. The molecule has 0 spiro atoms. The fraction of sp³-hybridized carbons (Fsp3) is 0.333. The van der Waals surface area contributed by atoms with Crippen molar-refractivity contribution in [3.05, 3.63) is 46.2 Å². The van der Waals surface area contributed by atoms with E-state index in [1.54, 1.807) is 23.5 Å². The molecule has 2 aromatic rings. The summed E-state index contributed by atoms with van der Waals surface area (Å²) in [6, 6.07) is 10.0. The average Bonchev–Trinajstić information content (AvgIpc) is 2.80. The molecule has 0 aliphatic heterocycles. The molecule has 0 aliphatic carbocycles. The summed E-state index contributed by atoms with van der Waals surface area (Å²) in [7, 11) is 0. The second kappa shape index (κ2) is 5.44. The molecule has 1 unspecified atom stereocenters. The van der Waals surface area contributed by atoms with Crippen molar-refractivity contribution < 1.29 is 5.11 Å². The molecule has 0 saturated carbocycles. The summed E-state index contributed by atoms with van der Waals surface area (Å²) in [4.78, 5) is 1.34. The lowest BCUT2D eigenvalue weighted by Crippen LogP contribution is -2.16. The lowest BCUT2D eigenvalue weighted by atomic mass is 10.0. The van der Waals surface area contributed by atoms with Crippen LogP contribution in [0.4, 0.5) is 5.69 Å². The van der Waals surface area contributed by atoms with Crippen molar-refractivity contribution in [2.24, 2.45) is 5.92 Å². The summed E-state index contributed by atoms with van der Waals surface area (Å²) < 4.78 is 0. The Hall–Kier alpha value is -1.48. The predicted octanol–water partition coefficient (Wildman–Crippen LogP) is 4.57. The largest absolute Gasteiger partial charge is 0.508 e. The highest BCUT2D eigenvalue weighted by molar-refractivity contribution is 7.10. The van der Waals surface area contributed by atoms with Crippen LogP contribution in [0.2, 0.25) is 0 Å². The molecule has 1 atom stereocenters. The van der Waals surface area contributed by atoms with E-state index in [9.17, 15) is 5.11 Å². The number of rotatable bonds is 4. The van der Waals surface area contributed by atoms with Gasteiger partial charge in [0, 0.05) is 10.6 Å². The van der Waals surface area contributed by atoms with Gasteiger partial charge in [-0.2, -0.15) is 0 Å². The molecule has 1 heterocycles. The SMILES string of the molecule is Cc1cc(O)ccc1NC(c1cccs1)C(C)C. The van der Waals surface area contributed by atoms with Crippen molar-refractivity contribution in [2.45, 2.75) is 26.8 Å². The highest BCUT2D eigenvalue weighted by Crippen LogP contribution is 2.31. The maximum absolute atomic E-state index is 9.44. The molecule has 1 aromatic carbocycles. The molecule has 0 amide bonds. The monoisotopic (exact) mass is 261 g/mol. The molecule has 0 fully saturated rings. The van der Waals surface area contributed by atoms with Crippen molar-refractivity contribution in [3.8, 4) is 5.75 Å². The first-order chi connectivity index (χ1) is 8.58. The van der Waals surface area contributed by atoms with Crippen LogP contribution < -0.4 is 5.32 Å². The van der Waals surface area contributed by atoms with Crippen molar-refractivity contribution in [1.29, 1.82) is 0 Å². The van der Waals surface area contributed by atoms with Crippen molar-refractivity contribution >= 4 is 17.0 Å². The Bertz CT molecular complexity index is 505. The smallest absolute Gasteiger partial charge is 0.115 e. The Labute approximate surface area is 112 Å². The van der Waals surface area contributed by atoms with E-state index in [1.165, 1.54) is 4.88 Å². The minimum Gasteiger partial charge on any atom is -0.508 e. The van der Waals surface area contributed by atoms with Gasteiger partial charge in [0.1, 0.15) is 5.75 Å². The van der Waals surface area contributed by atoms with Crippen LogP contribution in [-0.4, -0.2) is 5.11 Å². The normalized spacial score (nSPS) is 12.7. The van der Waals surface area contributed by atoms with Gasteiger partial charge in [0.05, 0.1) is 6.04 Å². The summed E-state index contributed by atoms with van der Waals surface area (Å²) in [5.41, 5.74) is 2.15. The maximum Gasteiger partial charge on any atom is 0.115 e. The Morgan fingerprint density at radius 2 is 2.00 bits per heavy atom. The summed E-state index contributed by atoms with van der Waals surface area (Å²) in [5, 5.41) is 15.1. The second-order valence-electron chi connectivity index (χ2n) is 4.88. The summed E-state index contributed by atoms with van der Waals surface area (Å²) in [6.07, 6.45) is 0. The first kappa shape index (κ1) is 13.0. The van der Waals surface area contributed by atoms with E-state index < -0.39 is 0 Å². The quantitative estimate of drug-likeness (QED) is 0.790. The fourth-order valence-corrected chi connectivity index (χ4v) is 2.96. The predicted molar refractivity (Wildman–Crippen MR) is 78.4 cm³/mol. The van der Waals surface area contributed by atoms with Gasteiger partial charge in [-0.15, -0.1) is 11.3 Å². The second-order valence-corrected chi connectivity index (χ2v) is 5.86. The van der Waals surface area contributed by atoms with Crippen LogP contribution in [0.5, 0.6) is 5.75 Å². The Kier molecular flexibility index (Phi) is 3.92. The van der Waals surface area contributed by atoms with Gasteiger partial charge in [-0.25, -0.2) is 0 Å². The zero-order chi connectivity index (χ0) is 13.1.